The first-order valence-corrected chi connectivity index (χ1v) is 6.29. The van der Waals surface area contributed by atoms with Crippen LogP contribution in [0, 0.1) is 0 Å². The highest BCUT2D eigenvalue weighted by molar-refractivity contribution is 5.00. The summed E-state index contributed by atoms with van der Waals surface area (Å²) in [5.74, 6) is 1.56. The van der Waals surface area contributed by atoms with E-state index in [0.717, 1.165) is 30.7 Å². The minimum atomic E-state index is -0.0820. The number of hydrogen-bond acceptors (Lipinski definition) is 5. The van der Waals surface area contributed by atoms with Crippen LogP contribution >= 0.6 is 0 Å². The molecule has 17 heavy (non-hydrogen) atoms. The topological polar surface area (TPSA) is 56.5 Å². The maximum absolute atomic E-state index is 5.67. The zero-order valence-electron chi connectivity index (χ0n) is 9.85. The van der Waals surface area contributed by atoms with Crippen LogP contribution in [0.5, 0.6) is 0 Å². The van der Waals surface area contributed by atoms with E-state index in [-0.39, 0.29) is 6.10 Å². The summed E-state index contributed by atoms with van der Waals surface area (Å²) in [6, 6.07) is 0.736. The molecular weight excluding hydrogens is 220 g/mol. The molecule has 0 spiro atoms. The second-order valence-electron chi connectivity index (χ2n) is 4.57. The molecule has 5 nitrogen and oxygen atoms in total. The molecule has 1 unspecified atom stereocenters. The SMILES string of the molecule is c1nc(CCNC2CC2)oc1C1COCCO1. The Morgan fingerprint density at radius 3 is 3.06 bits per heavy atom. The number of ether oxygens (including phenoxy) is 2. The molecule has 1 N–H and O–H groups in total. The van der Waals surface area contributed by atoms with Crippen LogP contribution in [-0.4, -0.2) is 37.4 Å². The summed E-state index contributed by atoms with van der Waals surface area (Å²) in [4.78, 5) is 4.27. The fourth-order valence-electron chi connectivity index (χ4n) is 1.91. The quantitative estimate of drug-likeness (QED) is 0.831. The van der Waals surface area contributed by atoms with Gasteiger partial charge in [0.2, 0.25) is 0 Å². The Balaban J connectivity index is 1.49. The minimum absolute atomic E-state index is 0.0820. The molecule has 2 heterocycles. The average Bonchev–Trinajstić information content (AvgIpc) is 3.07. The summed E-state index contributed by atoms with van der Waals surface area (Å²) in [5, 5.41) is 3.44. The number of hydrogen-bond donors (Lipinski definition) is 1. The zero-order chi connectivity index (χ0) is 11.5. The van der Waals surface area contributed by atoms with Crippen LogP contribution in [0.4, 0.5) is 0 Å². The lowest BCUT2D eigenvalue weighted by molar-refractivity contribution is -0.0978. The molecule has 0 amide bonds. The van der Waals surface area contributed by atoms with E-state index in [2.05, 4.69) is 10.3 Å². The van der Waals surface area contributed by atoms with Gasteiger partial charge in [-0.1, -0.05) is 0 Å². The van der Waals surface area contributed by atoms with Crippen LogP contribution in [0.3, 0.4) is 0 Å². The largest absolute Gasteiger partial charge is 0.443 e. The van der Waals surface area contributed by atoms with Gasteiger partial charge >= 0.3 is 0 Å². The van der Waals surface area contributed by atoms with Crippen molar-refractivity contribution in [1.82, 2.24) is 10.3 Å². The number of oxazole rings is 1. The van der Waals surface area contributed by atoms with Crippen LogP contribution in [0.15, 0.2) is 10.6 Å². The summed E-state index contributed by atoms with van der Waals surface area (Å²) in [7, 11) is 0. The van der Waals surface area contributed by atoms with Crippen molar-refractivity contribution >= 4 is 0 Å². The molecule has 1 saturated heterocycles. The number of nitrogens with one attached hydrogen (secondary N) is 1. The standard InChI is InChI=1S/C12H18N2O3/c1-2-9(1)13-4-3-12-14-7-10(17-12)11-8-15-5-6-16-11/h7,9,11,13H,1-6,8H2. The first-order valence-electron chi connectivity index (χ1n) is 6.29. The molecule has 1 aromatic heterocycles. The van der Waals surface area contributed by atoms with Gasteiger partial charge in [-0.05, 0) is 12.8 Å². The van der Waals surface area contributed by atoms with Crippen molar-refractivity contribution in [2.24, 2.45) is 0 Å². The van der Waals surface area contributed by atoms with Crippen molar-refractivity contribution in [3.63, 3.8) is 0 Å². The first kappa shape index (κ1) is 11.2. The Morgan fingerprint density at radius 1 is 1.35 bits per heavy atom. The third kappa shape index (κ3) is 3.06. The van der Waals surface area contributed by atoms with Crippen molar-refractivity contribution in [3.05, 3.63) is 17.8 Å². The fraction of sp³-hybridized carbons (Fsp3) is 0.750. The van der Waals surface area contributed by atoms with Gasteiger partial charge in [-0.3, -0.25) is 0 Å². The van der Waals surface area contributed by atoms with Gasteiger partial charge in [0.05, 0.1) is 26.0 Å². The molecule has 5 heteroatoms. The second kappa shape index (κ2) is 5.16. The monoisotopic (exact) mass is 238 g/mol. The lowest BCUT2D eigenvalue weighted by atomic mass is 10.3. The average molecular weight is 238 g/mol. The minimum Gasteiger partial charge on any atom is -0.443 e. The highest BCUT2D eigenvalue weighted by atomic mass is 16.6. The van der Waals surface area contributed by atoms with Gasteiger partial charge < -0.3 is 19.2 Å². The molecular formula is C12H18N2O3. The van der Waals surface area contributed by atoms with Crippen LogP contribution in [-0.2, 0) is 15.9 Å². The van der Waals surface area contributed by atoms with E-state index in [1.807, 2.05) is 0 Å². The molecule has 0 bridgehead atoms. The molecule has 1 aliphatic carbocycles. The van der Waals surface area contributed by atoms with Crippen molar-refractivity contribution in [2.45, 2.75) is 31.4 Å². The summed E-state index contributed by atoms with van der Waals surface area (Å²) >= 11 is 0. The third-order valence-corrected chi connectivity index (χ3v) is 3.05. The molecule has 2 aliphatic rings. The maximum Gasteiger partial charge on any atom is 0.195 e. The van der Waals surface area contributed by atoms with Gasteiger partial charge in [0.15, 0.2) is 11.7 Å². The van der Waals surface area contributed by atoms with E-state index in [4.69, 9.17) is 13.9 Å². The predicted octanol–water partition coefficient (Wildman–Crippen LogP) is 1.06. The fourth-order valence-corrected chi connectivity index (χ4v) is 1.91. The van der Waals surface area contributed by atoms with Crippen molar-refractivity contribution in [1.29, 1.82) is 0 Å². The Labute approximate surface area is 100 Å². The Morgan fingerprint density at radius 2 is 2.29 bits per heavy atom. The summed E-state index contributed by atoms with van der Waals surface area (Å²) in [5.41, 5.74) is 0. The van der Waals surface area contributed by atoms with E-state index in [9.17, 15) is 0 Å². The molecule has 2 fully saturated rings. The number of aromatic nitrogens is 1. The van der Waals surface area contributed by atoms with Crippen molar-refractivity contribution in [2.75, 3.05) is 26.4 Å². The number of rotatable bonds is 5. The maximum atomic E-state index is 5.67. The normalized spacial score (nSPS) is 25.1. The van der Waals surface area contributed by atoms with E-state index < -0.39 is 0 Å². The number of nitrogens with zero attached hydrogens (tertiary/aromatic N) is 1. The highest BCUT2D eigenvalue weighted by Crippen LogP contribution is 2.22. The molecule has 1 aliphatic heterocycles. The van der Waals surface area contributed by atoms with E-state index in [0.29, 0.717) is 19.8 Å². The van der Waals surface area contributed by atoms with Gasteiger partial charge in [0.1, 0.15) is 6.10 Å². The van der Waals surface area contributed by atoms with Crippen LogP contribution < -0.4 is 5.32 Å². The summed E-state index contributed by atoms with van der Waals surface area (Å²) in [6.07, 6.45) is 5.13. The molecule has 0 radical (unpaired) electrons. The molecule has 94 valence electrons. The van der Waals surface area contributed by atoms with Crippen LogP contribution in [0.25, 0.3) is 0 Å². The molecule has 1 atom stereocenters. The van der Waals surface area contributed by atoms with Gasteiger partial charge in [-0.25, -0.2) is 4.98 Å². The van der Waals surface area contributed by atoms with Gasteiger partial charge in [0, 0.05) is 19.0 Å². The zero-order valence-corrected chi connectivity index (χ0v) is 9.85. The Hall–Kier alpha value is -0.910. The molecule has 3 rings (SSSR count). The Bertz CT molecular complexity index is 356. The first-order chi connectivity index (χ1) is 8.42. The van der Waals surface area contributed by atoms with E-state index in [1.165, 1.54) is 12.8 Å². The lowest BCUT2D eigenvalue weighted by Gasteiger charge is -2.20. The van der Waals surface area contributed by atoms with E-state index >= 15 is 0 Å². The van der Waals surface area contributed by atoms with Crippen molar-refractivity contribution < 1.29 is 13.9 Å². The lowest BCUT2D eigenvalue weighted by Crippen LogP contribution is -2.21. The van der Waals surface area contributed by atoms with Gasteiger partial charge in [-0.15, -0.1) is 0 Å². The molecule has 0 aromatic carbocycles. The summed E-state index contributed by atoms with van der Waals surface area (Å²) in [6.45, 7) is 2.80. The molecule has 1 saturated carbocycles. The smallest absolute Gasteiger partial charge is 0.195 e. The van der Waals surface area contributed by atoms with Gasteiger partial charge in [-0.2, -0.15) is 0 Å². The summed E-state index contributed by atoms with van der Waals surface area (Å²) < 4.78 is 16.6. The highest BCUT2D eigenvalue weighted by Gasteiger charge is 2.22. The third-order valence-electron chi connectivity index (χ3n) is 3.05. The van der Waals surface area contributed by atoms with Crippen LogP contribution in [0.2, 0.25) is 0 Å². The van der Waals surface area contributed by atoms with Crippen LogP contribution in [0.1, 0.15) is 30.6 Å². The van der Waals surface area contributed by atoms with Gasteiger partial charge in [0.25, 0.3) is 0 Å². The Kier molecular flexibility index (Phi) is 3.40. The predicted molar refractivity (Wildman–Crippen MR) is 60.7 cm³/mol. The van der Waals surface area contributed by atoms with Crippen molar-refractivity contribution in [3.8, 4) is 0 Å². The molecule has 1 aromatic rings. The van der Waals surface area contributed by atoms with E-state index in [1.54, 1.807) is 6.20 Å². The second-order valence-corrected chi connectivity index (χ2v) is 4.57.